The molecule has 1 aromatic carbocycles. The number of ether oxygens (including phenoxy) is 1. The molecule has 0 aromatic heterocycles. The highest BCUT2D eigenvalue weighted by atomic mass is 35.5. The zero-order valence-electron chi connectivity index (χ0n) is 12.2. The molecule has 0 fully saturated rings. The van der Waals surface area contributed by atoms with Crippen LogP contribution in [0, 0.1) is 0 Å². The number of carbonyl (C=O) groups is 2. The number of carboxylic acids is 1. The van der Waals surface area contributed by atoms with Crippen molar-refractivity contribution in [2.75, 3.05) is 32.6 Å². The maximum absolute atomic E-state index is 11.7. The first-order valence-electron chi connectivity index (χ1n) is 6.35. The third-order valence-electron chi connectivity index (χ3n) is 2.80. The van der Waals surface area contributed by atoms with E-state index in [1.54, 1.807) is 38.4 Å². The minimum Gasteiger partial charge on any atom is -0.497 e. The van der Waals surface area contributed by atoms with Crippen LogP contribution in [0.2, 0.25) is 0 Å². The molecule has 1 amide bonds. The van der Waals surface area contributed by atoms with Crippen LogP contribution in [-0.4, -0.2) is 49.1 Å². The van der Waals surface area contributed by atoms with Gasteiger partial charge in [-0.2, -0.15) is 0 Å². The number of carbonyl (C=O) groups excluding carboxylic acids is 1. The second-order valence-corrected chi connectivity index (χ2v) is 4.47. The fraction of sp³-hybridized carbons (Fsp3) is 0.429. The monoisotopic (exact) mass is 316 g/mol. The van der Waals surface area contributed by atoms with Gasteiger partial charge in [-0.05, 0) is 31.3 Å². The maximum atomic E-state index is 11.7. The Hall–Kier alpha value is -1.79. The lowest BCUT2D eigenvalue weighted by Crippen LogP contribution is -2.26. The number of nitrogens with one attached hydrogen (secondary N) is 1. The van der Waals surface area contributed by atoms with Gasteiger partial charge in [0.05, 0.1) is 13.5 Å². The summed E-state index contributed by atoms with van der Waals surface area (Å²) in [6.45, 7) is 0.959. The second kappa shape index (κ2) is 10.0. The Morgan fingerprint density at radius 3 is 2.29 bits per heavy atom. The Labute approximate surface area is 130 Å². The maximum Gasteiger partial charge on any atom is 0.304 e. The van der Waals surface area contributed by atoms with Crippen molar-refractivity contribution in [3.63, 3.8) is 0 Å². The Balaban J connectivity index is 0.00000400. The highest BCUT2D eigenvalue weighted by Crippen LogP contribution is 2.15. The topological polar surface area (TPSA) is 78.9 Å². The third-order valence-corrected chi connectivity index (χ3v) is 2.80. The van der Waals surface area contributed by atoms with Gasteiger partial charge in [0.15, 0.2) is 0 Å². The van der Waals surface area contributed by atoms with E-state index in [1.165, 1.54) is 0 Å². The van der Waals surface area contributed by atoms with Crippen LogP contribution in [0.4, 0.5) is 5.69 Å². The number of halogens is 1. The number of aliphatic carboxylic acids is 1. The number of nitrogens with zero attached hydrogens (tertiary/aromatic N) is 1. The van der Waals surface area contributed by atoms with Crippen LogP contribution in [0.15, 0.2) is 24.3 Å². The molecule has 0 bridgehead atoms. The standard InChI is InChI=1S/C14H20N2O4.ClH/c1-16(10-8-14(18)19)9-7-13(17)15-11-3-5-12(20-2)6-4-11;/h3-6H,7-10H2,1-2H3,(H,15,17)(H,18,19);1H. The van der Waals surface area contributed by atoms with E-state index in [0.717, 1.165) is 5.75 Å². The van der Waals surface area contributed by atoms with Crippen molar-refractivity contribution >= 4 is 30.0 Å². The van der Waals surface area contributed by atoms with Crippen LogP contribution in [0.1, 0.15) is 12.8 Å². The first kappa shape index (κ1) is 19.2. The highest BCUT2D eigenvalue weighted by molar-refractivity contribution is 5.90. The smallest absolute Gasteiger partial charge is 0.304 e. The Bertz CT molecular complexity index is 451. The van der Waals surface area contributed by atoms with Gasteiger partial charge < -0.3 is 20.1 Å². The van der Waals surface area contributed by atoms with Gasteiger partial charge in [-0.3, -0.25) is 9.59 Å². The lowest BCUT2D eigenvalue weighted by atomic mass is 10.3. The highest BCUT2D eigenvalue weighted by Gasteiger charge is 2.06. The molecule has 21 heavy (non-hydrogen) atoms. The van der Waals surface area contributed by atoms with Gasteiger partial charge in [-0.1, -0.05) is 0 Å². The molecule has 0 spiro atoms. The van der Waals surface area contributed by atoms with Crippen LogP contribution in [0.5, 0.6) is 5.75 Å². The Morgan fingerprint density at radius 2 is 1.76 bits per heavy atom. The van der Waals surface area contributed by atoms with E-state index in [1.807, 2.05) is 4.90 Å². The predicted molar refractivity (Wildman–Crippen MR) is 83.2 cm³/mol. The number of hydrogen-bond acceptors (Lipinski definition) is 4. The summed E-state index contributed by atoms with van der Waals surface area (Å²) in [7, 11) is 3.38. The SMILES string of the molecule is COc1ccc(NC(=O)CCN(C)CCC(=O)O)cc1.Cl. The molecule has 0 radical (unpaired) electrons. The van der Waals surface area contributed by atoms with E-state index in [2.05, 4.69) is 5.32 Å². The number of methoxy groups -OCH3 is 1. The van der Waals surface area contributed by atoms with Crippen molar-refractivity contribution < 1.29 is 19.4 Å². The molecule has 0 aliphatic carbocycles. The van der Waals surface area contributed by atoms with Crippen LogP contribution >= 0.6 is 12.4 Å². The molecule has 1 aromatic rings. The summed E-state index contributed by atoms with van der Waals surface area (Å²) in [6, 6.07) is 7.08. The normalized spacial score (nSPS) is 9.86. The van der Waals surface area contributed by atoms with Crippen molar-refractivity contribution in [1.29, 1.82) is 0 Å². The van der Waals surface area contributed by atoms with E-state index in [4.69, 9.17) is 9.84 Å². The van der Waals surface area contributed by atoms with E-state index < -0.39 is 5.97 Å². The van der Waals surface area contributed by atoms with Crippen LogP contribution in [0.3, 0.4) is 0 Å². The summed E-state index contributed by atoms with van der Waals surface area (Å²) >= 11 is 0. The zero-order valence-corrected chi connectivity index (χ0v) is 13.0. The Morgan fingerprint density at radius 1 is 1.19 bits per heavy atom. The van der Waals surface area contributed by atoms with Gasteiger partial charge in [-0.15, -0.1) is 12.4 Å². The van der Waals surface area contributed by atoms with Crippen molar-refractivity contribution in [2.45, 2.75) is 12.8 Å². The van der Waals surface area contributed by atoms with Crippen LogP contribution in [0.25, 0.3) is 0 Å². The average Bonchev–Trinajstić information content (AvgIpc) is 2.43. The molecular formula is C14H21ClN2O4. The van der Waals surface area contributed by atoms with Crippen molar-refractivity contribution in [3.05, 3.63) is 24.3 Å². The lowest BCUT2D eigenvalue weighted by molar-refractivity contribution is -0.137. The molecule has 0 saturated carbocycles. The van der Waals surface area contributed by atoms with Gasteiger partial charge in [-0.25, -0.2) is 0 Å². The zero-order chi connectivity index (χ0) is 15.0. The molecule has 1 rings (SSSR count). The molecule has 118 valence electrons. The summed E-state index contributed by atoms with van der Waals surface area (Å²) in [4.78, 5) is 24.0. The molecule has 0 saturated heterocycles. The first-order valence-corrected chi connectivity index (χ1v) is 6.35. The van der Waals surface area contributed by atoms with Crippen LogP contribution in [-0.2, 0) is 9.59 Å². The molecule has 0 aliphatic rings. The van der Waals surface area contributed by atoms with Gasteiger partial charge in [0.2, 0.25) is 5.91 Å². The molecule has 0 heterocycles. The molecule has 2 N–H and O–H groups in total. The Kier molecular flexibility index (Phi) is 9.16. The molecular weight excluding hydrogens is 296 g/mol. The number of hydrogen-bond donors (Lipinski definition) is 2. The van der Waals surface area contributed by atoms with Gasteiger partial charge in [0, 0.05) is 25.2 Å². The summed E-state index contributed by atoms with van der Waals surface area (Å²) in [5.74, 6) is -0.201. The minimum atomic E-state index is -0.834. The van der Waals surface area contributed by atoms with Crippen LogP contribution < -0.4 is 10.1 Å². The molecule has 7 heteroatoms. The van der Waals surface area contributed by atoms with E-state index >= 15 is 0 Å². The molecule has 0 atom stereocenters. The van der Waals surface area contributed by atoms with E-state index in [-0.39, 0.29) is 24.7 Å². The minimum absolute atomic E-state index is 0. The predicted octanol–water partition coefficient (Wildman–Crippen LogP) is 1.85. The van der Waals surface area contributed by atoms with E-state index in [9.17, 15) is 9.59 Å². The van der Waals surface area contributed by atoms with Crippen molar-refractivity contribution in [2.24, 2.45) is 0 Å². The van der Waals surface area contributed by atoms with Crippen molar-refractivity contribution in [1.82, 2.24) is 4.90 Å². The quantitative estimate of drug-likeness (QED) is 0.765. The number of rotatable bonds is 8. The summed E-state index contributed by atoms with van der Waals surface area (Å²) < 4.78 is 5.03. The number of benzene rings is 1. The molecule has 0 unspecified atom stereocenters. The molecule has 0 aliphatic heterocycles. The third kappa shape index (κ3) is 8.16. The van der Waals surface area contributed by atoms with Gasteiger partial charge in [0.1, 0.15) is 5.75 Å². The van der Waals surface area contributed by atoms with Gasteiger partial charge in [0.25, 0.3) is 0 Å². The average molecular weight is 317 g/mol. The van der Waals surface area contributed by atoms with Gasteiger partial charge >= 0.3 is 5.97 Å². The summed E-state index contributed by atoms with van der Waals surface area (Å²) in [5, 5.41) is 11.3. The number of amides is 1. The fourth-order valence-electron chi connectivity index (χ4n) is 1.59. The fourth-order valence-corrected chi connectivity index (χ4v) is 1.59. The number of carboxylic acid groups (broad SMARTS) is 1. The number of anilines is 1. The van der Waals surface area contributed by atoms with Crippen molar-refractivity contribution in [3.8, 4) is 5.75 Å². The molecule has 6 nitrogen and oxygen atoms in total. The summed E-state index contributed by atoms with van der Waals surface area (Å²) in [5.41, 5.74) is 0.712. The first-order chi connectivity index (χ1) is 9.51. The largest absolute Gasteiger partial charge is 0.497 e. The second-order valence-electron chi connectivity index (χ2n) is 4.47. The lowest BCUT2D eigenvalue weighted by Gasteiger charge is -2.15. The van der Waals surface area contributed by atoms with E-state index in [0.29, 0.717) is 25.2 Å². The summed E-state index contributed by atoms with van der Waals surface area (Å²) in [6.07, 6.45) is 0.402.